The third-order valence-electron chi connectivity index (χ3n) is 7.47. The molecule has 3 aliphatic rings. The summed E-state index contributed by atoms with van der Waals surface area (Å²) in [6.45, 7) is 12.0. The Morgan fingerprint density at radius 3 is 2.19 bits per heavy atom. The predicted molar refractivity (Wildman–Crippen MR) is 114 cm³/mol. The first-order valence-electron chi connectivity index (χ1n) is 11.4. The van der Waals surface area contributed by atoms with Gasteiger partial charge in [0, 0.05) is 19.4 Å². The second-order valence-electron chi connectivity index (χ2n) is 10.2. The zero-order valence-corrected chi connectivity index (χ0v) is 19.8. The summed E-state index contributed by atoms with van der Waals surface area (Å²) in [6.07, 6.45) is 1.32. The van der Waals surface area contributed by atoms with Crippen LogP contribution in [0.3, 0.4) is 0 Å². The Bertz CT molecular complexity index is 789. The zero-order chi connectivity index (χ0) is 23.9. The van der Waals surface area contributed by atoms with Gasteiger partial charge in [0.05, 0.1) is 11.7 Å². The van der Waals surface area contributed by atoms with Crippen LogP contribution in [0.1, 0.15) is 79.6 Å². The van der Waals surface area contributed by atoms with Crippen LogP contribution in [0.4, 0.5) is 0 Å². The van der Waals surface area contributed by atoms with E-state index in [1.165, 1.54) is 13.8 Å². The molecule has 32 heavy (non-hydrogen) atoms. The summed E-state index contributed by atoms with van der Waals surface area (Å²) in [5.74, 6) is -1.74. The van der Waals surface area contributed by atoms with Crippen molar-refractivity contribution in [2.24, 2.45) is 5.92 Å². The second kappa shape index (κ2) is 8.78. The van der Waals surface area contributed by atoms with Gasteiger partial charge >= 0.3 is 17.9 Å². The highest BCUT2D eigenvalue weighted by Crippen LogP contribution is 2.45. The monoisotopic (exact) mass is 452 g/mol. The summed E-state index contributed by atoms with van der Waals surface area (Å²) in [6, 6.07) is 0. The molecular formula is C24H36O8. The normalized spacial score (nSPS) is 42.7. The fraction of sp³-hybridized carbons (Fsp3) is 0.792. The van der Waals surface area contributed by atoms with Gasteiger partial charge in [0.2, 0.25) is 0 Å². The van der Waals surface area contributed by atoms with E-state index < -0.39 is 53.0 Å². The maximum Gasteiger partial charge on any atom is 0.334 e. The van der Waals surface area contributed by atoms with Crippen LogP contribution in [-0.2, 0) is 33.3 Å². The number of carbonyl (C=O) groups excluding carboxylic acids is 3. The smallest absolute Gasteiger partial charge is 0.334 e. The minimum absolute atomic E-state index is 0.279. The van der Waals surface area contributed by atoms with Crippen LogP contribution in [-0.4, -0.2) is 58.1 Å². The Labute approximate surface area is 189 Å². The summed E-state index contributed by atoms with van der Waals surface area (Å²) in [7, 11) is 0. The Morgan fingerprint density at radius 1 is 0.969 bits per heavy atom. The van der Waals surface area contributed by atoms with Gasteiger partial charge in [-0.25, -0.2) is 4.79 Å². The molecule has 8 heteroatoms. The molecule has 1 N–H and O–H groups in total. The number of aliphatic hydroxyl groups is 1. The van der Waals surface area contributed by atoms with Crippen LogP contribution in [0.2, 0.25) is 0 Å². The summed E-state index contributed by atoms with van der Waals surface area (Å²) in [4.78, 5) is 36.7. The number of fused-ring (bicyclic) bond motifs is 5. The maximum atomic E-state index is 12.9. The average Bonchev–Trinajstić information content (AvgIpc) is 3.05. The minimum Gasteiger partial charge on any atom is -0.459 e. The van der Waals surface area contributed by atoms with Gasteiger partial charge in [-0.1, -0.05) is 6.58 Å². The van der Waals surface area contributed by atoms with Crippen molar-refractivity contribution in [3.05, 3.63) is 12.2 Å². The molecule has 0 spiro atoms. The van der Waals surface area contributed by atoms with Gasteiger partial charge in [0.15, 0.2) is 0 Å². The molecule has 7 atom stereocenters. The van der Waals surface area contributed by atoms with Gasteiger partial charge in [-0.05, 0) is 71.6 Å². The molecule has 3 aliphatic heterocycles. The van der Waals surface area contributed by atoms with Crippen LogP contribution in [0.15, 0.2) is 12.2 Å². The highest BCUT2D eigenvalue weighted by Gasteiger charge is 2.53. The van der Waals surface area contributed by atoms with Crippen molar-refractivity contribution in [2.75, 3.05) is 0 Å². The minimum atomic E-state index is -1.21. The Morgan fingerprint density at radius 2 is 1.56 bits per heavy atom. The molecule has 3 rings (SSSR count). The Balaban J connectivity index is 2.04. The first-order valence-corrected chi connectivity index (χ1v) is 11.4. The molecule has 0 amide bonds. The van der Waals surface area contributed by atoms with E-state index in [9.17, 15) is 19.5 Å². The average molecular weight is 453 g/mol. The van der Waals surface area contributed by atoms with Crippen molar-refractivity contribution in [3.8, 4) is 0 Å². The zero-order valence-electron chi connectivity index (χ0n) is 19.8. The van der Waals surface area contributed by atoms with Crippen molar-refractivity contribution < 1.29 is 38.4 Å². The van der Waals surface area contributed by atoms with Gasteiger partial charge < -0.3 is 24.1 Å². The summed E-state index contributed by atoms with van der Waals surface area (Å²) < 4.78 is 23.5. The van der Waals surface area contributed by atoms with Crippen molar-refractivity contribution >= 4 is 17.9 Å². The summed E-state index contributed by atoms with van der Waals surface area (Å²) in [5.41, 5.74) is -2.76. The topological polar surface area (TPSA) is 108 Å². The fourth-order valence-electron chi connectivity index (χ4n) is 5.31. The molecule has 8 nitrogen and oxygen atoms in total. The van der Waals surface area contributed by atoms with E-state index >= 15 is 0 Å². The van der Waals surface area contributed by atoms with Gasteiger partial charge in [0.1, 0.15) is 23.4 Å². The first-order chi connectivity index (χ1) is 14.8. The Hall–Kier alpha value is -1.93. The Kier molecular flexibility index (Phi) is 6.78. The standard InChI is InChI=1S/C24H36O8/c1-14-17-7-11-23(5,32-21(14)27)19(29-15(2)25)8-10-22(4,28)18-9-12-24(6,31-18)20(13-17)30-16(3)26/h17-20,28H,1,7-13H2,2-6H3. The maximum absolute atomic E-state index is 12.9. The number of ether oxygens (including phenoxy) is 4. The van der Waals surface area contributed by atoms with E-state index in [-0.39, 0.29) is 12.3 Å². The van der Waals surface area contributed by atoms with Gasteiger partial charge in [-0.2, -0.15) is 0 Å². The largest absolute Gasteiger partial charge is 0.459 e. The molecule has 3 heterocycles. The molecule has 0 aliphatic carbocycles. The lowest BCUT2D eigenvalue weighted by molar-refractivity contribution is -0.191. The van der Waals surface area contributed by atoms with E-state index in [1.807, 2.05) is 6.92 Å². The quantitative estimate of drug-likeness (QED) is 0.387. The van der Waals surface area contributed by atoms with Crippen molar-refractivity contribution in [1.82, 2.24) is 0 Å². The van der Waals surface area contributed by atoms with Crippen molar-refractivity contribution in [3.63, 3.8) is 0 Å². The van der Waals surface area contributed by atoms with Crippen LogP contribution in [0, 0.1) is 5.92 Å². The van der Waals surface area contributed by atoms with E-state index in [4.69, 9.17) is 18.9 Å². The molecule has 0 aromatic rings. The molecular weight excluding hydrogens is 416 g/mol. The molecule has 0 radical (unpaired) electrons. The van der Waals surface area contributed by atoms with Crippen LogP contribution < -0.4 is 0 Å². The van der Waals surface area contributed by atoms with Crippen molar-refractivity contribution in [2.45, 2.75) is 115 Å². The predicted octanol–water partition coefficient (Wildman–Crippen LogP) is 2.99. The van der Waals surface area contributed by atoms with Crippen LogP contribution in [0.25, 0.3) is 0 Å². The number of hydrogen-bond acceptors (Lipinski definition) is 8. The number of esters is 3. The van der Waals surface area contributed by atoms with E-state index in [2.05, 4.69) is 6.58 Å². The number of rotatable bonds is 2. The molecule has 180 valence electrons. The molecule has 7 unspecified atom stereocenters. The highest BCUT2D eigenvalue weighted by atomic mass is 16.6. The van der Waals surface area contributed by atoms with Crippen LogP contribution >= 0.6 is 0 Å². The third kappa shape index (κ3) is 5.01. The fourth-order valence-corrected chi connectivity index (χ4v) is 5.31. The molecule has 4 bridgehead atoms. The molecule has 3 fully saturated rings. The lowest BCUT2D eigenvalue weighted by Crippen LogP contribution is -2.49. The van der Waals surface area contributed by atoms with Gasteiger partial charge in [-0.15, -0.1) is 0 Å². The SMILES string of the molecule is C=C1C(=O)OC2(C)CCC1CC(OC(C)=O)C1(C)CCC(O1)C(C)(O)CCC2OC(C)=O. The molecule has 0 saturated carbocycles. The van der Waals surface area contributed by atoms with Gasteiger partial charge in [0.25, 0.3) is 0 Å². The lowest BCUT2D eigenvalue weighted by atomic mass is 9.79. The first kappa shape index (κ1) is 24.7. The number of carbonyl (C=O) groups is 3. The second-order valence-corrected chi connectivity index (χ2v) is 10.2. The summed E-state index contributed by atoms with van der Waals surface area (Å²) in [5, 5.41) is 11.3. The lowest BCUT2D eigenvalue weighted by Gasteiger charge is -2.39. The third-order valence-corrected chi connectivity index (χ3v) is 7.47. The molecule has 0 aromatic carbocycles. The molecule has 0 aromatic heterocycles. The summed E-state index contributed by atoms with van der Waals surface area (Å²) >= 11 is 0. The number of hydrogen-bond donors (Lipinski definition) is 1. The van der Waals surface area contributed by atoms with E-state index in [1.54, 1.807) is 13.8 Å². The van der Waals surface area contributed by atoms with E-state index in [0.717, 1.165) is 0 Å². The van der Waals surface area contributed by atoms with Crippen molar-refractivity contribution in [1.29, 1.82) is 0 Å². The van der Waals surface area contributed by atoms with Gasteiger partial charge in [-0.3, -0.25) is 9.59 Å². The van der Waals surface area contributed by atoms with Crippen LogP contribution in [0.5, 0.6) is 0 Å². The molecule has 3 saturated heterocycles. The highest BCUT2D eigenvalue weighted by molar-refractivity contribution is 5.89. The van der Waals surface area contributed by atoms with E-state index in [0.29, 0.717) is 44.1 Å².